The topological polar surface area (TPSA) is 55.4 Å². The van der Waals surface area contributed by atoms with Gasteiger partial charge in [0.2, 0.25) is 5.91 Å². The van der Waals surface area contributed by atoms with Crippen LogP contribution in [0.5, 0.6) is 0 Å². The van der Waals surface area contributed by atoms with Crippen molar-refractivity contribution in [2.45, 2.75) is 31.2 Å². The van der Waals surface area contributed by atoms with Gasteiger partial charge in [0.15, 0.2) is 5.65 Å². The fraction of sp³-hybridized carbons (Fsp3) is 0.318. The first-order chi connectivity index (χ1) is 14.3. The fourth-order valence-electron chi connectivity index (χ4n) is 4.26. The van der Waals surface area contributed by atoms with E-state index in [0.29, 0.717) is 13.0 Å². The van der Waals surface area contributed by atoms with E-state index in [0.717, 1.165) is 30.9 Å². The second kappa shape index (κ2) is 7.83. The number of carbonyl (C=O) groups is 1. The number of aromatic nitrogens is 4. The van der Waals surface area contributed by atoms with Crippen molar-refractivity contribution in [1.29, 1.82) is 0 Å². The van der Waals surface area contributed by atoms with Crippen LogP contribution < -0.4 is 0 Å². The van der Waals surface area contributed by atoms with Crippen molar-refractivity contribution >= 4 is 22.9 Å². The monoisotopic (exact) mass is 405 g/mol. The van der Waals surface area contributed by atoms with Crippen molar-refractivity contribution in [2.24, 2.45) is 0 Å². The van der Waals surface area contributed by atoms with Gasteiger partial charge in [0, 0.05) is 37.6 Å². The summed E-state index contributed by atoms with van der Waals surface area (Å²) >= 11 is 1.67. The van der Waals surface area contributed by atoms with E-state index in [-0.39, 0.29) is 17.9 Å². The average Bonchev–Trinajstić information content (AvgIpc) is 3.54. The molecule has 1 amide bonds. The molecule has 5 heterocycles. The zero-order valence-electron chi connectivity index (χ0n) is 16.1. The molecule has 0 spiro atoms. The maximum Gasteiger partial charge on any atom is 0.225 e. The van der Waals surface area contributed by atoms with E-state index in [1.807, 2.05) is 58.2 Å². The molecule has 1 fully saturated rings. The molecule has 0 radical (unpaired) electrons. The highest BCUT2D eigenvalue weighted by molar-refractivity contribution is 7.08. The Balaban J connectivity index is 1.34. The van der Waals surface area contributed by atoms with Crippen LogP contribution in [0.15, 0.2) is 65.7 Å². The van der Waals surface area contributed by atoms with Gasteiger partial charge in [-0.1, -0.05) is 6.07 Å². The summed E-state index contributed by atoms with van der Waals surface area (Å²) in [6.45, 7) is 1.52. The van der Waals surface area contributed by atoms with Gasteiger partial charge in [-0.3, -0.25) is 9.20 Å². The van der Waals surface area contributed by atoms with E-state index in [1.165, 1.54) is 5.56 Å². The van der Waals surface area contributed by atoms with Crippen LogP contribution >= 0.6 is 11.3 Å². The minimum absolute atomic E-state index is 0.0399. The van der Waals surface area contributed by atoms with E-state index >= 15 is 0 Å². The maximum absolute atomic E-state index is 13.3. The van der Waals surface area contributed by atoms with Crippen LogP contribution in [0, 0.1) is 0 Å². The average molecular weight is 406 g/mol. The first-order valence-electron chi connectivity index (χ1n) is 10.0. The third-order valence-corrected chi connectivity index (χ3v) is 6.46. The Kier molecular flexibility index (Phi) is 4.89. The third kappa shape index (κ3) is 3.58. The van der Waals surface area contributed by atoms with Gasteiger partial charge in [0.1, 0.15) is 5.82 Å². The second-order valence-corrected chi connectivity index (χ2v) is 8.35. The van der Waals surface area contributed by atoms with E-state index < -0.39 is 0 Å². The molecule has 0 aliphatic carbocycles. The highest BCUT2D eigenvalue weighted by Crippen LogP contribution is 2.29. The zero-order chi connectivity index (χ0) is 19.6. The normalized spacial score (nSPS) is 18.2. The van der Waals surface area contributed by atoms with Crippen LogP contribution in [-0.4, -0.2) is 43.1 Å². The van der Waals surface area contributed by atoms with Crippen LogP contribution in [0.25, 0.3) is 5.65 Å². The molecule has 29 heavy (non-hydrogen) atoms. The molecule has 0 unspecified atom stereocenters. The molecular formula is C22H23N5OS. The molecule has 4 aromatic rings. The standard InChI is InChI=1S/C22H23N5OS/c28-21(14-19(18-8-13-29-16-18)25-9-3-4-10-25)26-11-5-6-17(15-26)22-24-23-20-7-1-2-12-27(20)22/h1-4,7-10,12-13,16-17,19H,5-6,11,14-15H2/t17-,19-/m0/s1. The SMILES string of the molecule is O=C(C[C@@H](c1ccsc1)n1cccc1)N1CCC[C@H](c2nnc3ccccn23)C1. The van der Waals surface area contributed by atoms with E-state index in [2.05, 4.69) is 31.6 Å². The van der Waals surface area contributed by atoms with Gasteiger partial charge in [-0.2, -0.15) is 11.3 Å². The molecule has 1 aliphatic rings. The number of carbonyl (C=O) groups excluding carboxylic acids is 1. The molecule has 1 aliphatic heterocycles. The molecule has 5 rings (SSSR count). The van der Waals surface area contributed by atoms with Gasteiger partial charge < -0.3 is 9.47 Å². The predicted molar refractivity (Wildman–Crippen MR) is 113 cm³/mol. The summed E-state index contributed by atoms with van der Waals surface area (Å²) < 4.78 is 4.18. The van der Waals surface area contributed by atoms with Crippen molar-refractivity contribution in [3.63, 3.8) is 0 Å². The number of piperidine rings is 1. The summed E-state index contributed by atoms with van der Waals surface area (Å²) in [5.74, 6) is 1.38. The van der Waals surface area contributed by atoms with Crippen LogP contribution in [0.3, 0.4) is 0 Å². The summed E-state index contributed by atoms with van der Waals surface area (Å²) in [6.07, 6.45) is 8.58. The smallest absolute Gasteiger partial charge is 0.225 e. The molecule has 7 heteroatoms. The number of pyridine rings is 1. The number of hydrogen-bond acceptors (Lipinski definition) is 4. The third-order valence-electron chi connectivity index (χ3n) is 5.76. The van der Waals surface area contributed by atoms with Crippen molar-refractivity contribution in [3.8, 4) is 0 Å². The zero-order valence-corrected chi connectivity index (χ0v) is 16.9. The molecular weight excluding hydrogens is 382 g/mol. The Labute approximate surface area is 173 Å². The second-order valence-electron chi connectivity index (χ2n) is 7.57. The Morgan fingerprint density at radius 1 is 1.14 bits per heavy atom. The van der Waals surface area contributed by atoms with E-state index in [9.17, 15) is 4.79 Å². The lowest BCUT2D eigenvalue weighted by Gasteiger charge is -2.33. The fourth-order valence-corrected chi connectivity index (χ4v) is 4.97. The molecule has 0 N–H and O–H groups in total. The lowest BCUT2D eigenvalue weighted by atomic mass is 9.96. The predicted octanol–water partition coefficient (Wildman–Crippen LogP) is 3.98. The lowest BCUT2D eigenvalue weighted by Crippen LogP contribution is -2.40. The minimum Gasteiger partial charge on any atom is -0.346 e. The summed E-state index contributed by atoms with van der Waals surface area (Å²) in [7, 11) is 0. The highest BCUT2D eigenvalue weighted by Gasteiger charge is 2.29. The first kappa shape index (κ1) is 18.1. The Morgan fingerprint density at radius 2 is 2.00 bits per heavy atom. The summed E-state index contributed by atoms with van der Waals surface area (Å²) in [4.78, 5) is 15.3. The number of likely N-dealkylation sites (tertiary alicyclic amines) is 1. The van der Waals surface area contributed by atoms with Crippen molar-refractivity contribution in [1.82, 2.24) is 24.1 Å². The molecule has 4 aromatic heterocycles. The Morgan fingerprint density at radius 3 is 2.83 bits per heavy atom. The van der Waals surface area contributed by atoms with Gasteiger partial charge in [-0.15, -0.1) is 10.2 Å². The molecule has 2 atom stereocenters. The minimum atomic E-state index is 0.0399. The quantitative estimate of drug-likeness (QED) is 0.505. The number of amides is 1. The van der Waals surface area contributed by atoms with Gasteiger partial charge in [0.05, 0.1) is 12.5 Å². The number of hydrogen-bond donors (Lipinski definition) is 0. The van der Waals surface area contributed by atoms with E-state index in [1.54, 1.807) is 11.3 Å². The highest BCUT2D eigenvalue weighted by atomic mass is 32.1. The lowest BCUT2D eigenvalue weighted by molar-refractivity contribution is -0.133. The number of nitrogens with zero attached hydrogens (tertiary/aromatic N) is 5. The number of fused-ring (bicyclic) bond motifs is 1. The van der Waals surface area contributed by atoms with Gasteiger partial charge in [0.25, 0.3) is 0 Å². The van der Waals surface area contributed by atoms with Crippen molar-refractivity contribution in [2.75, 3.05) is 13.1 Å². The van der Waals surface area contributed by atoms with Crippen LogP contribution in [-0.2, 0) is 4.79 Å². The largest absolute Gasteiger partial charge is 0.346 e. The van der Waals surface area contributed by atoms with Gasteiger partial charge >= 0.3 is 0 Å². The molecule has 6 nitrogen and oxygen atoms in total. The number of rotatable bonds is 5. The maximum atomic E-state index is 13.3. The van der Waals surface area contributed by atoms with Crippen LogP contribution in [0.1, 0.15) is 42.6 Å². The number of thiophene rings is 1. The Bertz CT molecular complexity index is 1050. The van der Waals surface area contributed by atoms with Gasteiger partial charge in [-0.25, -0.2) is 0 Å². The summed E-state index contributed by atoms with van der Waals surface area (Å²) in [5, 5.41) is 12.9. The van der Waals surface area contributed by atoms with Crippen molar-refractivity contribution in [3.05, 3.63) is 77.1 Å². The summed E-state index contributed by atoms with van der Waals surface area (Å²) in [6, 6.07) is 12.1. The molecule has 1 saturated heterocycles. The molecule has 0 saturated carbocycles. The molecule has 0 aromatic carbocycles. The van der Waals surface area contributed by atoms with E-state index in [4.69, 9.17) is 0 Å². The summed E-state index contributed by atoms with van der Waals surface area (Å²) in [5.41, 5.74) is 2.05. The van der Waals surface area contributed by atoms with Crippen LogP contribution in [0.4, 0.5) is 0 Å². The molecule has 148 valence electrons. The first-order valence-corrected chi connectivity index (χ1v) is 11.0. The van der Waals surface area contributed by atoms with Crippen molar-refractivity contribution < 1.29 is 4.79 Å². The Hall–Kier alpha value is -2.93. The van der Waals surface area contributed by atoms with Crippen LogP contribution in [0.2, 0.25) is 0 Å². The molecule has 0 bridgehead atoms. The van der Waals surface area contributed by atoms with Gasteiger partial charge in [-0.05, 0) is 59.5 Å².